The summed E-state index contributed by atoms with van der Waals surface area (Å²) >= 11 is 0. The minimum atomic E-state index is -3.87. The van der Waals surface area contributed by atoms with E-state index in [9.17, 15) is 17.6 Å². The summed E-state index contributed by atoms with van der Waals surface area (Å²) in [6.45, 7) is 4.09. The van der Waals surface area contributed by atoms with Gasteiger partial charge in [-0.15, -0.1) is 0 Å². The van der Waals surface area contributed by atoms with Crippen molar-refractivity contribution in [2.45, 2.75) is 24.2 Å². The molecule has 0 radical (unpaired) electrons. The summed E-state index contributed by atoms with van der Waals surface area (Å²) in [6, 6.07) is 10.8. The maximum Gasteiger partial charge on any atom is 0.264 e. The molecule has 0 aromatic heterocycles. The van der Waals surface area contributed by atoms with E-state index in [0.29, 0.717) is 38.3 Å². The van der Waals surface area contributed by atoms with E-state index in [0.717, 1.165) is 31.3 Å². The molecule has 2 aliphatic heterocycles. The fraction of sp³-hybridized carbons (Fsp3) is 0.409. The molecule has 2 aliphatic rings. The predicted octanol–water partition coefficient (Wildman–Crippen LogP) is 2.87. The largest absolute Gasteiger partial charge is 0.379 e. The summed E-state index contributed by atoms with van der Waals surface area (Å²) < 4.78 is 47.3. The number of rotatable bonds is 7. The highest BCUT2D eigenvalue weighted by Gasteiger charge is 2.31. The van der Waals surface area contributed by atoms with Crippen molar-refractivity contribution in [3.05, 3.63) is 59.4 Å². The average molecular weight is 433 g/mol. The van der Waals surface area contributed by atoms with Crippen LogP contribution in [0.1, 0.15) is 28.8 Å². The number of carbonyl (C=O) groups excluding carboxylic acids is 1. The number of hydrogen-bond donors (Lipinski definition) is 0. The molecule has 0 aliphatic carbocycles. The topological polar surface area (TPSA) is 66.9 Å². The van der Waals surface area contributed by atoms with E-state index in [1.165, 1.54) is 16.4 Å². The summed E-state index contributed by atoms with van der Waals surface area (Å²) in [5, 5.41) is 0. The number of sulfonamides is 1. The van der Waals surface area contributed by atoms with Crippen molar-refractivity contribution in [3.8, 4) is 0 Å². The molecule has 4 rings (SSSR count). The molecule has 30 heavy (non-hydrogen) atoms. The predicted molar refractivity (Wildman–Crippen MR) is 112 cm³/mol. The van der Waals surface area contributed by atoms with E-state index < -0.39 is 15.8 Å². The fourth-order valence-corrected chi connectivity index (χ4v) is 5.52. The third-order valence-electron chi connectivity index (χ3n) is 5.65. The molecule has 0 amide bonds. The zero-order chi connectivity index (χ0) is 21.1. The molecule has 0 saturated carbocycles. The molecule has 0 unspecified atom stereocenters. The van der Waals surface area contributed by atoms with Crippen molar-refractivity contribution in [1.29, 1.82) is 0 Å². The quantitative estimate of drug-likeness (QED) is 0.630. The van der Waals surface area contributed by atoms with Crippen LogP contribution in [0.25, 0.3) is 0 Å². The second kappa shape index (κ2) is 8.83. The van der Waals surface area contributed by atoms with Gasteiger partial charge in [-0.1, -0.05) is 18.2 Å². The zero-order valence-electron chi connectivity index (χ0n) is 16.7. The number of benzene rings is 2. The van der Waals surface area contributed by atoms with Gasteiger partial charge in [0.05, 0.1) is 29.4 Å². The van der Waals surface area contributed by atoms with E-state index >= 15 is 0 Å². The van der Waals surface area contributed by atoms with Crippen LogP contribution >= 0.6 is 0 Å². The Hall–Kier alpha value is -2.29. The second-order valence-corrected chi connectivity index (χ2v) is 9.44. The minimum absolute atomic E-state index is 0.0582. The van der Waals surface area contributed by atoms with Gasteiger partial charge in [0.1, 0.15) is 5.82 Å². The van der Waals surface area contributed by atoms with Crippen LogP contribution in [-0.4, -0.2) is 58.5 Å². The van der Waals surface area contributed by atoms with Crippen LogP contribution in [0.15, 0.2) is 47.4 Å². The number of Topliss-reactive ketones (excluding diaryl/α,β-unsaturated/α-hetero) is 1. The van der Waals surface area contributed by atoms with Gasteiger partial charge in [-0.3, -0.25) is 14.0 Å². The first kappa shape index (κ1) is 21.0. The van der Waals surface area contributed by atoms with Gasteiger partial charge in [-0.25, -0.2) is 12.8 Å². The molecule has 0 bridgehead atoms. The lowest BCUT2D eigenvalue weighted by Crippen LogP contribution is -2.36. The molecule has 2 heterocycles. The molecule has 1 fully saturated rings. The number of anilines is 1. The lowest BCUT2D eigenvalue weighted by atomic mass is 10.1. The van der Waals surface area contributed by atoms with Crippen molar-refractivity contribution >= 4 is 21.5 Å². The van der Waals surface area contributed by atoms with Crippen LogP contribution in [0.4, 0.5) is 10.1 Å². The Morgan fingerprint density at radius 1 is 1.07 bits per heavy atom. The highest BCUT2D eigenvalue weighted by molar-refractivity contribution is 7.92. The molecule has 0 atom stereocenters. The molecular formula is C22H25FN2O4S. The highest BCUT2D eigenvalue weighted by Crippen LogP contribution is 2.33. The van der Waals surface area contributed by atoms with Gasteiger partial charge in [-0.05, 0) is 49.2 Å². The Morgan fingerprint density at radius 3 is 2.63 bits per heavy atom. The van der Waals surface area contributed by atoms with Gasteiger partial charge in [0.25, 0.3) is 10.0 Å². The Bertz CT molecular complexity index is 1040. The van der Waals surface area contributed by atoms with Crippen LogP contribution in [0.5, 0.6) is 0 Å². The molecule has 160 valence electrons. The summed E-state index contributed by atoms with van der Waals surface area (Å²) in [4.78, 5) is 14.8. The monoisotopic (exact) mass is 432 g/mol. The second-order valence-electron chi connectivity index (χ2n) is 7.58. The standard InChI is InChI=1S/C22H25FN2O4S/c23-20-8-7-18(30(27,28)25-11-9-17-4-1-2-5-21(17)25)16-19(20)22(26)6-3-10-24-12-14-29-15-13-24/h1-2,4-5,7-8,16H,3,6,9-15H2. The van der Waals surface area contributed by atoms with Gasteiger partial charge in [0, 0.05) is 26.1 Å². The first-order valence-corrected chi connectivity index (χ1v) is 11.6. The van der Waals surface area contributed by atoms with Crippen molar-refractivity contribution in [2.75, 3.05) is 43.7 Å². The minimum Gasteiger partial charge on any atom is -0.379 e. The van der Waals surface area contributed by atoms with E-state index in [1.54, 1.807) is 12.1 Å². The highest BCUT2D eigenvalue weighted by atomic mass is 32.2. The van der Waals surface area contributed by atoms with Crippen molar-refractivity contribution < 1.29 is 22.3 Å². The number of para-hydroxylation sites is 1. The lowest BCUT2D eigenvalue weighted by Gasteiger charge is -2.26. The maximum atomic E-state index is 14.4. The third-order valence-corrected chi connectivity index (χ3v) is 7.46. The normalized spacial score (nSPS) is 17.2. The van der Waals surface area contributed by atoms with Gasteiger partial charge >= 0.3 is 0 Å². The molecule has 2 aromatic rings. The zero-order valence-corrected chi connectivity index (χ0v) is 17.5. The summed E-state index contributed by atoms with van der Waals surface area (Å²) in [5.41, 5.74) is 1.44. The van der Waals surface area contributed by atoms with E-state index in [2.05, 4.69) is 4.90 Å². The number of carbonyl (C=O) groups is 1. The number of halogens is 1. The van der Waals surface area contributed by atoms with Crippen molar-refractivity contribution in [3.63, 3.8) is 0 Å². The molecule has 2 aromatic carbocycles. The number of fused-ring (bicyclic) bond motifs is 1. The van der Waals surface area contributed by atoms with E-state index in [-0.39, 0.29) is 22.7 Å². The lowest BCUT2D eigenvalue weighted by molar-refractivity contribution is 0.0371. The van der Waals surface area contributed by atoms with E-state index in [4.69, 9.17) is 4.74 Å². The maximum absolute atomic E-state index is 14.4. The number of hydrogen-bond acceptors (Lipinski definition) is 5. The van der Waals surface area contributed by atoms with Crippen LogP contribution in [0.2, 0.25) is 0 Å². The number of ketones is 1. The summed E-state index contributed by atoms with van der Waals surface area (Å²) in [5.74, 6) is -1.06. The van der Waals surface area contributed by atoms with Gasteiger partial charge in [0.2, 0.25) is 0 Å². The first-order valence-electron chi connectivity index (χ1n) is 10.2. The molecular weight excluding hydrogens is 407 g/mol. The average Bonchev–Trinajstić information content (AvgIpc) is 3.19. The Labute approximate surface area is 176 Å². The van der Waals surface area contributed by atoms with Crippen molar-refractivity contribution in [2.24, 2.45) is 0 Å². The molecule has 0 spiro atoms. The van der Waals surface area contributed by atoms with Crippen molar-refractivity contribution in [1.82, 2.24) is 4.90 Å². The van der Waals surface area contributed by atoms with Crippen LogP contribution in [0.3, 0.4) is 0 Å². The fourth-order valence-electron chi connectivity index (χ4n) is 3.99. The molecule has 0 N–H and O–H groups in total. The SMILES string of the molecule is O=C(CCCN1CCOCC1)c1cc(S(=O)(=O)N2CCc3ccccc32)ccc1F. The number of nitrogens with zero attached hydrogens (tertiary/aromatic N) is 2. The molecule has 8 heteroatoms. The summed E-state index contributed by atoms with van der Waals surface area (Å²) in [7, 11) is -3.87. The smallest absolute Gasteiger partial charge is 0.264 e. The Balaban J connectivity index is 1.49. The first-order chi connectivity index (χ1) is 14.5. The number of morpholine rings is 1. The van der Waals surface area contributed by atoms with E-state index in [1.807, 2.05) is 12.1 Å². The Kier molecular flexibility index (Phi) is 6.17. The third kappa shape index (κ3) is 4.26. The number of ether oxygens (including phenoxy) is 1. The van der Waals surface area contributed by atoms with Gasteiger partial charge < -0.3 is 4.74 Å². The Morgan fingerprint density at radius 2 is 1.83 bits per heavy atom. The van der Waals surface area contributed by atoms with Crippen LogP contribution in [0, 0.1) is 5.82 Å². The molecule has 6 nitrogen and oxygen atoms in total. The van der Waals surface area contributed by atoms with Crippen LogP contribution < -0.4 is 4.31 Å². The molecule has 1 saturated heterocycles. The van der Waals surface area contributed by atoms with Gasteiger partial charge in [0.15, 0.2) is 5.78 Å². The van der Waals surface area contributed by atoms with Crippen LogP contribution in [-0.2, 0) is 21.2 Å². The van der Waals surface area contributed by atoms with Gasteiger partial charge in [-0.2, -0.15) is 0 Å². The summed E-state index contributed by atoms with van der Waals surface area (Å²) in [6.07, 6.45) is 1.39.